The molecule has 0 spiro atoms. The normalized spacial score (nSPS) is 15.1. The highest BCUT2D eigenvalue weighted by molar-refractivity contribution is 8.18. The van der Waals surface area contributed by atoms with Crippen LogP contribution in [0.3, 0.4) is 0 Å². The number of nitrogens with one attached hydrogen (secondary N) is 1. The standard InChI is InChI=1S/C20H20N2O6S/c1-12-4-6-15(28-12)18(23)21-8-9-22-19(24)17(29-20(22)25)11-13-5-7-14(26-2)16(10-13)27-3/h4-7,10-11H,8-9H2,1-3H3,(H,21,23). The molecule has 0 saturated carbocycles. The highest BCUT2D eigenvalue weighted by Crippen LogP contribution is 2.34. The van der Waals surface area contributed by atoms with Crippen LogP contribution in [0.1, 0.15) is 21.9 Å². The molecule has 152 valence electrons. The molecule has 1 aromatic carbocycles. The van der Waals surface area contributed by atoms with Gasteiger partial charge in [-0.05, 0) is 54.6 Å². The van der Waals surface area contributed by atoms with Crippen LogP contribution in [0.5, 0.6) is 11.5 Å². The van der Waals surface area contributed by atoms with Crippen LogP contribution in [0, 0.1) is 6.92 Å². The molecule has 1 saturated heterocycles. The van der Waals surface area contributed by atoms with Crippen molar-refractivity contribution < 1.29 is 28.3 Å². The van der Waals surface area contributed by atoms with E-state index >= 15 is 0 Å². The van der Waals surface area contributed by atoms with Gasteiger partial charge in [0.25, 0.3) is 17.1 Å². The van der Waals surface area contributed by atoms with Crippen LogP contribution < -0.4 is 14.8 Å². The second kappa shape index (κ2) is 8.87. The molecular formula is C20H20N2O6S. The van der Waals surface area contributed by atoms with E-state index in [1.54, 1.807) is 43.3 Å². The first-order valence-electron chi connectivity index (χ1n) is 8.75. The number of furan rings is 1. The fourth-order valence-corrected chi connectivity index (χ4v) is 3.58. The third-order valence-corrected chi connectivity index (χ3v) is 5.07. The van der Waals surface area contributed by atoms with Gasteiger partial charge >= 0.3 is 0 Å². The Hall–Kier alpha value is -3.20. The number of hydrogen-bond donors (Lipinski definition) is 1. The number of thioether (sulfide) groups is 1. The molecule has 2 heterocycles. The summed E-state index contributed by atoms with van der Waals surface area (Å²) in [5.74, 6) is 1.10. The number of benzene rings is 1. The lowest BCUT2D eigenvalue weighted by molar-refractivity contribution is -0.122. The van der Waals surface area contributed by atoms with Gasteiger partial charge in [0.2, 0.25) is 0 Å². The number of ether oxygens (including phenoxy) is 2. The van der Waals surface area contributed by atoms with Crippen molar-refractivity contribution in [3.05, 3.63) is 52.3 Å². The van der Waals surface area contributed by atoms with Crippen LogP contribution in [0.2, 0.25) is 0 Å². The van der Waals surface area contributed by atoms with Crippen molar-refractivity contribution in [2.24, 2.45) is 0 Å². The van der Waals surface area contributed by atoms with Crippen molar-refractivity contribution in [2.75, 3.05) is 27.3 Å². The van der Waals surface area contributed by atoms with Crippen LogP contribution in [-0.2, 0) is 4.79 Å². The number of methoxy groups -OCH3 is 2. The second-order valence-corrected chi connectivity index (χ2v) is 7.11. The lowest BCUT2D eigenvalue weighted by Crippen LogP contribution is -2.37. The maximum Gasteiger partial charge on any atom is 0.293 e. The van der Waals surface area contributed by atoms with Crippen LogP contribution >= 0.6 is 11.8 Å². The van der Waals surface area contributed by atoms with E-state index in [1.165, 1.54) is 14.2 Å². The molecular weight excluding hydrogens is 396 g/mol. The summed E-state index contributed by atoms with van der Waals surface area (Å²) in [6.45, 7) is 1.93. The Morgan fingerprint density at radius 3 is 2.59 bits per heavy atom. The van der Waals surface area contributed by atoms with E-state index in [1.807, 2.05) is 0 Å². The van der Waals surface area contributed by atoms with Crippen LogP contribution in [0.15, 0.2) is 39.7 Å². The molecule has 0 atom stereocenters. The molecule has 3 amide bonds. The molecule has 0 unspecified atom stereocenters. The Bertz CT molecular complexity index is 981. The Kier molecular flexibility index (Phi) is 6.28. The number of hydrogen-bond acceptors (Lipinski definition) is 7. The van der Waals surface area contributed by atoms with Gasteiger partial charge in [-0.3, -0.25) is 19.3 Å². The fraction of sp³-hybridized carbons (Fsp3) is 0.250. The number of rotatable bonds is 7. The van der Waals surface area contributed by atoms with Gasteiger partial charge in [0.1, 0.15) is 5.76 Å². The first-order valence-corrected chi connectivity index (χ1v) is 9.56. The number of imide groups is 1. The van der Waals surface area contributed by atoms with Gasteiger partial charge in [-0.15, -0.1) is 0 Å². The van der Waals surface area contributed by atoms with E-state index in [-0.39, 0.29) is 24.1 Å². The zero-order valence-electron chi connectivity index (χ0n) is 16.2. The summed E-state index contributed by atoms with van der Waals surface area (Å²) < 4.78 is 15.7. The van der Waals surface area contributed by atoms with E-state index in [0.29, 0.717) is 27.7 Å². The molecule has 29 heavy (non-hydrogen) atoms. The first-order chi connectivity index (χ1) is 13.9. The molecule has 3 rings (SSSR count). The van der Waals surface area contributed by atoms with Crippen molar-refractivity contribution in [3.63, 3.8) is 0 Å². The summed E-state index contributed by atoms with van der Waals surface area (Å²) >= 11 is 0.854. The molecule has 1 aliphatic rings. The van der Waals surface area contributed by atoms with Crippen molar-refractivity contribution in [1.29, 1.82) is 0 Å². The molecule has 8 nitrogen and oxygen atoms in total. The molecule has 0 radical (unpaired) electrons. The topological polar surface area (TPSA) is 98.1 Å². The summed E-state index contributed by atoms with van der Waals surface area (Å²) in [5.41, 5.74) is 0.703. The zero-order valence-corrected chi connectivity index (χ0v) is 17.0. The van der Waals surface area contributed by atoms with Crippen molar-refractivity contribution in [3.8, 4) is 11.5 Å². The minimum absolute atomic E-state index is 0.0688. The Labute approximate surface area is 171 Å². The van der Waals surface area contributed by atoms with Gasteiger partial charge in [-0.1, -0.05) is 6.07 Å². The molecule has 1 fully saturated rings. The second-order valence-electron chi connectivity index (χ2n) is 6.11. The predicted octanol–water partition coefficient (Wildman–Crippen LogP) is 3.07. The molecule has 0 aliphatic carbocycles. The van der Waals surface area contributed by atoms with Gasteiger partial charge in [-0.2, -0.15) is 0 Å². The molecule has 1 N–H and O–H groups in total. The Morgan fingerprint density at radius 2 is 1.93 bits per heavy atom. The number of aryl methyl sites for hydroxylation is 1. The maximum absolute atomic E-state index is 12.6. The number of nitrogens with zero attached hydrogens (tertiary/aromatic N) is 1. The lowest BCUT2D eigenvalue weighted by Gasteiger charge is -2.12. The highest BCUT2D eigenvalue weighted by Gasteiger charge is 2.34. The third kappa shape index (κ3) is 4.62. The number of amides is 3. The SMILES string of the molecule is COc1ccc(C=C2SC(=O)N(CCNC(=O)c3ccc(C)o3)C2=O)cc1OC. The van der Waals surface area contributed by atoms with E-state index in [2.05, 4.69) is 5.32 Å². The number of carbonyl (C=O) groups is 3. The highest BCUT2D eigenvalue weighted by atomic mass is 32.2. The lowest BCUT2D eigenvalue weighted by atomic mass is 10.2. The molecule has 1 aromatic heterocycles. The molecule has 0 bridgehead atoms. The average Bonchev–Trinajstić information content (AvgIpc) is 3.26. The molecule has 2 aromatic rings. The van der Waals surface area contributed by atoms with Crippen LogP contribution in [-0.4, -0.2) is 49.3 Å². The van der Waals surface area contributed by atoms with Crippen molar-refractivity contribution in [2.45, 2.75) is 6.92 Å². The summed E-state index contributed by atoms with van der Waals surface area (Å²) in [7, 11) is 3.06. The van der Waals surface area contributed by atoms with Crippen LogP contribution in [0.25, 0.3) is 6.08 Å². The summed E-state index contributed by atoms with van der Waals surface area (Å²) in [6, 6.07) is 8.46. The molecule has 1 aliphatic heterocycles. The van der Waals surface area contributed by atoms with E-state index < -0.39 is 11.8 Å². The zero-order chi connectivity index (χ0) is 21.0. The smallest absolute Gasteiger partial charge is 0.293 e. The minimum Gasteiger partial charge on any atom is -0.493 e. The summed E-state index contributed by atoms with van der Waals surface area (Å²) in [4.78, 5) is 38.2. The van der Waals surface area contributed by atoms with Crippen LogP contribution in [0.4, 0.5) is 4.79 Å². The van der Waals surface area contributed by atoms with Gasteiger partial charge in [-0.25, -0.2) is 0 Å². The van der Waals surface area contributed by atoms with E-state index in [4.69, 9.17) is 13.9 Å². The Balaban J connectivity index is 1.63. The summed E-state index contributed by atoms with van der Waals surface area (Å²) in [5, 5.41) is 2.25. The maximum atomic E-state index is 12.6. The number of carbonyl (C=O) groups excluding carboxylic acids is 3. The largest absolute Gasteiger partial charge is 0.493 e. The van der Waals surface area contributed by atoms with Gasteiger partial charge < -0.3 is 19.2 Å². The predicted molar refractivity (Wildman–Crippen MR) is 108 cm³/mol. The quantitative estimate of drug-likeness (QED) is 0.693. The first kappa shape index (κ1) is 20.5. The van der Waals surface area contributed by atoms with Gasteiger partial charge in [0, 0.05) is 13.1 Å². The fourth-order valence-electron chi connectivity index (χ4n) is 2.71. The third-order valence-electron chi connectivity index (χ3n) is 4.16. The van der Waals surface area contributed by atoms with E-state index in [9.17, 15) is 14.4 Å². The Morgan fingerprint density at radius 1 is 1.17 bits per heavy atom. The average molecular weight is 416 g/mol. The summed E-state index contributed by atoms with van der Waals surface area (Å²) in [6.07, 6.45) is 1.62. The monoisotopic (exact) mass is 416 g/mol. The molecule has 9 heteroatoms. The van der Waals surface area contributed by atoms with Crippen molar-refractivity contribution in [1.82, 2.24) is 10.2 Å². The van der Waals surface area contributed by atoms with Gasteiger partial charge in [0.15, 0.2) is 17.3 Å². The van der Waals surface area contributed by atoms with Gasteiger partial charge in [0.05, 0.1) is 19.1 Å². The van der Waals surface area contributed by atoms with Crippen molar-refractivity contribution >= 4 is 34.9 Å². The van der Waals surface area contributed by atoms with E-state index in [0.717, 1.165) is 16.7 Å². The minimum atomic E-state index is -0.405.